The Morgan fingerprint density at radius 3 is 2.54 bits per heavy atom. The van der Waals surface area contributed by atoms with Crippen molar-refractivity contribution in [2.45, 2.75) is 52.5 Å². The molecule has 0 saturated carbocycles. The lowest BCUT2D eigenvalue weighted by atomic mass is 10.1. The summed E-state index contributed by atoms with van der Waals surface area (Å²) in [4.78, 5) is 26.5. The number of amides is 2. The number of aliphatic hydroxyl groups excluding tert-OH is 1. The van der Waals surface area contributed by atoms with E-state index in [1.165, 1.54) is 4.90 Å². The monoisotopic (exact) mass is 514 g/mol. The predicted octanol–water partition coefficient (Wildman–Crippen LogP) is 2.43. The number of nitrogens with one attached hydrogen (secondary N) is 1. The third kappa shape index (κ3) is 8.24. The summed E-state index contributed by atoms with van der Waals surface area (Å²) in [5.74, 6) is 0.0536. The fourth-order valence-electron chi connectivity index (χ4n) is 3.41. The Kier molecular flexibility index (Phi) is 11.0. The molecule has 4 N–H and O–H groups in total. The molecule has 0 fully saturated rings. The molecule has 0 radical (unpaired) electrons. The summed E-state index contributed by atoms with van der Waals surface area (Å²) in [6.45, 7) is 4.02. The van der Waals surface area contributed by atoms with Crippen LogP contribution in [-0.2, 0) is 27.5 Å². The number of fused-ring (bicyclic) bond motifs is 1. The van der Waals surface area contributed by atoms with E-state index in [-0.39, 0.29) is 33.2 Å². The van der Waals surface area contributed by atoms with Crippen LogP contribution in [0.15, 0.2) is 48.5 Å². The average molecular weight is 515 g/mol. The largest absolute Gasteiger partial charge is 0.443 e. The number of rotatable bonds is 12. The van der Waals surface area contributed by atoms with Crippen molar-refractivity contribution < 1.29 is 24.2 Å². The van der Waals surface area contributed by atoms with E-state index in [4.69, 9.17) is 20.3 Å². The Morgan fingerprint density at radius 1 is 1.14 bits per heavy atom. The van der Waals surface area contributed by atoms with Crippen molar-refractivity contribution in [2.24, 2.45) is 5.73 Å². The highest BCUT2D eigenvalue weighted by molar-refractivity contribution is 5.85. The first-order valence-electron chi connectivity index (χ1n) is 11.7. The minimum Gasteiger partial charge on any atom is -0.443 e. The first-order valence-corrected chi connectivity index (χ1v) is 11.7. The van der Waals surface area contributed by atoms with Crippen LogP contribution in [0, 0.1) is 0 Å². The van der Waals surface area contributed by atoms with Crippen LogP contribution < -0.4 is 11.1 Å². The molecule has 1 atom stereocenters. The average Bonchev–Trinajstić information content (AvgIpc) is 3.30. The van der Waals surface area contributed by atoms with Gasteiger partial charge < -0.3 is 30.5 Å². The highest BCUT2D eigenvalue weighted by Crippen LogP contribution is 2.19. The van der Waals surface area contributed by atoms with Gasteiger partial charge in [-0.1, -0.05) is 43.8 Å². The molecule has 202 valence electrons. The summed E-state index contributed by atoms with van der Waals surface area (Å²) in [7, 11) is 1.60. The van der Waals surface area contributed by atoms with Gasteiger partial charge in [0.25, 0.3) is 0 Å². The Balaban J connectivity index is 0.00000481. The van der Waals surface area contributed by atoms with Crippen LogP contribution in [0.5, 0.6) is 0 Å². The number of hydrogen-bond acceptors (Lipinski definition) is 8. The molecule has 3 aromatic rings. The van der Waals surface area contributed by atoms with Gasteiger partial charge in [0.2, 0.25) is 5.91 Å². The number of aromatic nitrogens is 3. The van der Waals surface area contributed by atoms with Gasteiger partial charge in [-0.3, -0.25) is 9.20 Å². The van der Waals surface area contributed by atoms with Crippen LogP contribution >= 0.6 is 0 Å². The maximum Gasteiger partial charge on any atom is 0.409 e. The van der Waals surface area contributed by atoms with E-state index >= 15 is 0 Å². The molecule has 2 amide bonds. The Hall–Kier alpha value is -3.54. The molecule has 3 rings (SSSR count). The van der Waals surface area contributed by atoms with Crippen molar-refractivity contribution >= 4 is 17.6 Å². The first kappa shape index (κ1) is 29.7. The van der Waals surface area contributed by atoms with Gasteiger partial charge in [-0.15, -0.1) is 10.2 Å². The van der Waals surface area contributed by atoms with Crippen molar-refractivity contribution in [1.29, 1.82) is 0 Å². The van der Waals surface area contributed by atoms with Gasteiger partial charge >= 0.3 is 6.09 Å². The van der Waals surface area contributed by atoms with Gasteiger partial charge in [-0.2, -0.15) is 0 Å². The van der Waals surface area contributed by atoms with Crippen LogP contribution in [0.2, 0.25) is 0 Å². The number of aliphatic hydroxyl groups is 1. The van der Waals surface area contributed by atoms with E-state index in [0.29, 0.717) is 36.7 Å². The van der Waals surface area contributed by atoms with Gasteiger partial charge in [-0.05, 0) is 38.0 Å². The SMILES string of the molecule is C.CN(CCCO)C(=O)OCc1cccc2nnc([C@@H](COCc3ccccc3)NC(=O)C(C)(C)N)n12. The van der Waals surface area contributed by atoms with Crippen LogP contribution in [-0.4, -0.2) is 69.0 Å². The molecule has 0 saturated heterocycles. The van der Waals surface area contributed by atoms with E-state index in [0.717, 1.165) is 5.56 Å². The van der Waals surface area contributed by atoms with Gasteiger partial charge in [0.15, 0.2) is 11.5 Å². The number of nitrogens with two attached hydrogens (primary N) is 1. The second-order valence-corrected chi connectivity index (χ2v) is 9.07. The summed E-state index contributed by atoms with van der Waals surface area (Å²) in [6, 6.07) is 14.4. The van der Waals surface area contributed by atoms with E-state index in [1.54, 1.807) is 43.5 Å². The minimum atomic E-state index is -1.12. The zero-order chi connectivity index (χ0) is 26.1. The van der Waals surface area contributed by atoms with Gasteiger partial charge in [0.1, 0.15) is 12.6 Å². The highest BCUT2D eigenvalue weighted by atomic mass is 16.6. The molecule has 0 bridgehead atoms. The standard InChI is InChI=1S/C25H34N6O5.CH4/c1-25(2,26)23(33)27-20(17-35-15-18-9-5-4-6-10-18)22-29-28-21-12-7-11-19(31(21)22)16-36-24(34)30(3)13-8-14-32;/h4-7,9-12,20,32H,8,13-17,26H2,1-3H3,(H,27,33);1H4/t20-;/m1./s1. The van der Waals surface area contributed by atoms with Gasteiger partial charge in [0, 0.05) is 20.2 Å². The Bertz CT molecular complexity index is 1150. The van der Waals surface area contributed by atoms with Crippen LogP contribution in [0.25, 0.3) is 5.65 Å². The predicted molar refractivity (Wildman–Crippen MR) is 139 cm³/mol. The van der Waals surface area contributed by atoms with Crippen LogP contribution in [0.3, 0.4) is 0 Å². The third-order valence-corrected chi connectivity index (χ3v) is 5.44. The van der Waals surface area contributed by atoms with Crippen molar-refractivity contribution in [3.05, 3.63) is 65.6 Å². The fourth-order valence-corrected chi connectivity index (χ4v) is 3.41. The summed E-state index contributed by atoms with van der Waals surface area (Å²) in [6.07, 6.45) is -0.0606. The maximum atomic E-state index is 12.8. The zero-order valence-electron chi connectivity index (χ0n) is 20.9. The van der Waals surface area contributed by atoms with Crippen molar-refractivity contribution in [3.8, 4) is 0 Å². The van der Waals surface area contributed by atoms with Crippen LogP contribution in [0.1, 0.15) is 50.8 Å². The quantitative estimate of drug-likeness (QED) is 0.334. The number of hydrogen-bond donors (Lipinski definition) is 3. The van der Waals surface area contributed by atoms with E-state index in [1.807, 2.05) is 30.3 Å². The molecule has 0 aliphatic rings. The van der Waals surface area contributed by atoms with E-state index in [2.05, 4.69) is 15.5 Å². The second kappa shape index (κ2) is 13.7. The smallest absolute Gasteiger partial charge is 0.409 e. The van der Waals surface area contributed by atoms with Crippen molar-refractivity contribution in [1.82, 2.24) is 24.8 Å². The second-order valence-electron chi connectivity index (χ2n) is 9.07. The number of pyridine rings is 1. The molecule has 1 aromatic carbocycles. The maximum absolute atomic E-state index is 12.8. The number of carbonyl (C=O) groups excluding carboxylic acids is 2. The molecule has 11 nitrogen and oxygen atoms in total. The number of nitrogens with zero attached hydrogens (tertiary/aromatic N) is 4. The van der Waals surface area contributed by atoms with Crippen molar-refractivity contribution in [2.75, 3.05) is 26.8 Å². The topological polar surface area (TPSA) is 144 Å². The molecule has 2 aromatic heterocycles. The van der Waals surface area contributed by atoms with E-state index < -0.39 is 17.7 Å². The Labute approximate surface area is 217 Å². The molecule has 0 aliphatic heterocycles. The zero-order valence-corrected chi connectivity index (χ0v) is 20.9. The molecular formula is C26H38N6O5. The normalized spacial score (nSPS) is 12.0. The highest BCUT2D eigenvalue weighted by Gasteiger charge is 2.28. The number of ether oxygens (including phenoxy) is 2. The lowest BCUT2D eigenvalue weighted by molar-refractivity contribution is -0.126. The summed E-state index contributed by atoms with van der Waals surface area (Å²) in [5, 5.41) is 20.4. The molecule has 37 heavy (non-hydrogen) atoms. The fraction of sp³-hybridized carbons (Fsp3) is 0.462. The molecule has 0 unspecified atom stereocenters. The molecule has 0 aliphatic carbocycles. The van der Waals surface area contributed by atoms with Crippen LogP contribution in [0.4, 0.5) is 4.79 Å². The first-order chi connectivity index (χ1) is 17.2. The molecule has 2 heterocycles. The third-order valence-electron chi connectivity index (χ3n) is 5.44. The minimum absolute atomic E-state index is 0. The molecule has 0 spiro atoms. The van der Waals surface area contributed by atoms with Gasteiger partial charge in [-0.25, -0.2) is 4.79 Å². The molecule has 11 heteroatoms. The summed E-state index contributed by atoms with van der Waals surface area (Å²) < 4.78 is 13.1. The summed E-state index contributed by atoms with van der Waals surface area (Å²) >= 11 is 0. The summed E-state index contributed by atoms with van der Waals surface area (Å²) in [5.41, 5.74) is 7.04. The molecular weight excluding hydrogens is 476 g/mol. The lowest BCUT2D eigenvalue weighted by Gasteiger charge is -2.24. The number of carbonyl (C=O) groups is 2. The number of benzene rings is 1. The van der Waals surface area contributed by atoms with Crippen molar-refractivity contribution in [3.63, 3.8) is 0 Å². The van der Waals surface area contributed by atoms with E-state index in [9.17, 15) is 9.59 Å². The Morgan fingerprint density at radius 2 is 1.86 bits per heavy atom. The lowest BCUT2D eigenvalue weighted by Crippen LogP contribution is -2.51. The van der Waals surface area contributed by atoms with Gasteiger partial charge in [0.05, 0.1) is 24.4 Å².